The third-order valence-corrected chi connectivity index (χ3v) is 3.36. The Hall–Kier alpha value is -1.76. The van der Waals surface area contributed by atoms with E-state index in [1.165, 1.54) is 24.0 Å². The maximum Gasteiger partial charge on any atom is 0.130 e. The fourth-order valence-electron chi connectivity index (χ4n) is 2.29. The van der Waals surface area contributed by atoms with Crippen molar-refractivity contribution in [2.24, 2.45) is 0 Å². The fourth-order valence-corrected chi connectivity index (χ4v) is 2.29. The minimum atomic E-state index is 0.911. The molecule has 0 unspecified atom stereocenters. The van der Waals surface area contributed by atoms with E-state index in [4.69, 9.17) is 4.74 Å². The van der Waals surface area contributed by atoms with Crippen LogP contribution in [0.3, 0.4) is 0 Å². The van der Waals surface area contributed by atoms with Gasteiger partial charge in [0, 0.05) is 0 Å². The number of para-hydroxylation sites is 1. The number of aryl methyl sites for hydroxylation is 1. The van der Waals surface area contributed by atoms with Gasteiger partial charge in [0.25, 0.3) is 0 Å². The lowest BCUT2D eigenvalue weighted by molar-refractivity contribution is 0.474. The zero-order valence-electron chi connectivity index (χ0n) is 11.9. The van der Waals surface area contributed by atoms with Crippen LogP contribution >= 0.6 is 0 Å². The largest absolute Gasteiger partial charge is 0.457 e. The summed E-state index contributed by atoms with van der Waals surface area (Å²) in [6.45, 7) is 4.43. The van der Waals surface area contributed by atoms with E-state index in [0.717, 1.165) is 24.3 Å². The van der Waals surface area contributed by atoms with Gasteiger partial charge in [-0.1, -0.05) is 50.6 Å². The third kappa shape index (κ3) is 3.60. The average Bonchev–Trinajstić information content (AvgIpc) is 2.46. The van der Waals surface area contributed by atoms with Crippen LogP contribution in [0.5, 0.6) is 11.5 Å². The maximum atomic E-state index is 6.05. The topological polar surface area (TPSA) is 9.23 Å². The number of unbranched alkanes of at least 4 members (excludes halogenated alkanes) is 1. The first-order valence-corrected chi connectivity index (χ1v) is 7.18. The minimum Gasteiger partial charge on any atom is -0.457 e. The molecule has 0 amide bonds. The van der Waals surface area contributed by atoms with Crippen molar-refractivity contribution in [2.75, 3.05) is 0 Å². The predicted octanol–water partition coefficient (Wildman–Crippen LogP) is 5.38. The molecule has 0 aliphatic carbocycles. The second kappa shape index (κ2) is 6.98. The molecule has 2 aromatic carbocycles. The van der Waals surface area contributed by atoms with E-state index in [1.807, 2.05) is 30.3 Å². The van der Waals surface area contributed by atoms with E-state index in [9.17, 15) is 0 Å². The number of hydrogen-bond acceptors (Lipinski definition) is 1. The Labute approximate surface area is 116 Å². The van der Waals surface area contributed by atoms with Gasteiger partial charge in [0.2, 0.25) is 0 Å². The lowest BCUT2D eigenvalue weighted by Crippen LogP contribution is -1.97. The second-order valence-electron chi connectivity index (χ2n) is 4.77. The summed E-state index contributed by atoms with van der Waals surface area (Å²) in [5.74, 6) is 1.92. The summed E-state index contributed by atoms with van der Waals surface area (Å²) in [7, 11) is 0. The molecule has 0 radical (unpaired) electrons. The Morgan fingerprint density at radius 2 is 1.68 bits per heavy atom. The van der Waals surface area contributed by atoms with Crippen LogP contribution in [0.1, 0.15) is 37.8 Å². The maximum absolute atomic E-state index is 6.05. The molecule has 0 fully saturated rings. The molecule has 0 spiro atoms. The summed E-state index contributed by atoms with van der Waals surface area (Å²) in [6, 6.07) is 16.4. The number of ether oxygens (including phenoxy) is 1. The fraction of sp³-hybridized carbons (Fsp3) is 0.333. The van der Waals surface area contributed by atoms with Crippen molar-refractivity contribution in [3.05, 3.63) is 59.7 Å². The van der Waals surface area contributed by atoms with Gasteiger partial charge in [-0.15, -0.1) is 0 Å². The number of benzene rings is 2. The van der Waals surface area contributed by atoms with Gasteiger partial charge in [-0.05, 0) is 48.6 Å². The van der Waals surface area contributed by atoms with Crippen LogP contribution < -0.4 is 4.74 Å². The third-order valence-electron chi connectivity index (χ3n) is 3.36. The highest BCUT2D eigenvalue weighted by molar-refractivity contribution is 5.43. The van der Waals surface area contributed by atoms with E-state index in [-0.39, 0.29) is 0 Å². The van der Waals surface area contributed by atoms with Crippen molar-refractivity contribution in [1.82, 2.24) is 0 Å². The van der Waals surface area contributed by atoms with Crippen molar-refractivity contribution in [3.63, 3.8) is 0 Å². The summed E-state index contributed by atoms with van der Waals surface area (Å²) < 4.78 is 6.05. The summed E-state index contributed by atoms with van der Waals surface area (Å²) in [5.41, 5.74) is 2.78. The van der Waals surface area contributed by atoms with Gasteiger partial charge < -0.3 is 4.74 Å². The average molecular weight is 254 g/mol. The monoisotopic (exact) mass is 254 g/mol. The Morgan fingerprint density at radius 3 is 2.37 bits per heavy atom. The van der Waals surface area contributed by atoms with Crippen LogP contribution in [-0.4, -0.2) is 0 Å². The first-order chi connectivity index (χ1) is 9.35. The standard InChI is InChI=1S/C18H22O/c1-3-5-13-17-15(4-2)10-9-14-18(17)19-16-11-7-6-8-12-16/h6-12,14H,3-5,13H2,1-2H3. The first-order valence-electron chi connectivity index (χ1n) is 7.18. The van der Waals surface area contributed by atoms with E-state index in [2.05, 4.69) is 32.0 Å². The summed E-state index contributed by atoms with van der Waals surface area (Å²) in [4.78, 5) is 0. The molecule has 100 valence electrons. The molecular formula is C18H22O. The molecule has 0 bridgehead atoms. The molecule has 0 aliphatic heterocycles. The quantitative estimate of drug-likeness (QED) is 0.672. The Kier molecular flexibility index (Phi) is 5.02. The minimum absolute atomic E-state index is 0.911. The van der Waals surface area contributed by atoms with Gasteiger partial charge in [-0.25, -0.2) is 0 Å². The van der Waals surface area contributed by atoms with Crippen LogP contribution in [-0.2, 0) is 12.8 Å². The number of rotatable bonds is 6. The zero-order valence-corrected chi connectivity index (χ0v) is 11.9. The molecular weight excluding hydrogens is 232 g/mol. The Bertz CT molecular complexity index is 502. The first kappa shape index (κ1) is 13.7. The summed E-state index contributed by atoms with van der Waals surface area (Å²) in [5, 5.41) is 0. The van der Waals surface area contributed by atoms with E-state index < -0.39 is 0 Å². The lowest BCUT2D eigenvalue weighted by atomic mass is 9.99. The highest BCUT2D eigenvalue weighted by atomic mass is 16.5. The van der Waals surface area contributed by atoms with Crippen molar-refractivity contribution in [2.45, 2.75) is 39.5 Å². The summed E-state index contributed by atoms with van der Waals surface area (Å²) >= 11 is 0. The molecule has 1 nitrogen and oxygen atoms in total. The Balaban J connectivity index is 2.28. The van der Waals surface area contributed by atoms with Gasteiger partial charge in [-0.3, -0.25) is 0 Å². The molecule has 0 aromatic heterocycles. The molecule has 19 heavy (non-hydrogen) atoms. The van der Waals surface area contributed by atoms with Gasteiger partial charge >= 0.3 is 0 Å². The molecule has 0 atom stereocenters. The predicted molar refractivity (Wildman–Crippen MR) is 80.9 cm³/mol. The van der Waals surface area contributed by atoms with Gasteiger partial charge in [0.15, 0.2) is 0 Å². The molecule has 0 saturated carbocycles. The SMILES string of the molecule is CCCCc1c(CC)cccc1Oc1ccccc1. The zero-order chi connectivity index (χ0) is 13.5. The van der Waals surface area contributed by atoms with Crippen molar-refractivity contribution >= 4 is 0 Å². The summed E-state index contributed by atoms with van der Waals surface area (Å²) in [6.07, 6.45) is 4.58. The lowest BCUT2D eigenvalue weighted by Gasteiger charge is -2.14. The molecule has 2 rings (SSSR count). The smallest absolute Gasteiger partial charge is 0.130 e. The van der Waals surface area contributed by atoms with Crippen molar-refractivity contribution in [1.29, 1.82) is 0 Å². The number of hydrogen-bond donors (Lipinski definition) is 0. The highest BCUT2D eigenvalue weighted by Gasteiger charge is 2.08. The van der Waals surface area contributed by atoms with Crippen LogP contribution in [0.4, 0.5) is 0 Å². The highest BCUT2D eigenvalue weighted by Crippen LogP contribution is 2.29. The molecule has 0 aliphatic rings. The van der Waals surface area contributed by atoms with Crippen molar-refractivity contribution < 1.29 is 4.74 Å². The van der Waals surface area contributed by atoms with Gasteiger partial charge in [0.1, 0.15) is 11.5 Å². The van der Waals surface area contributed by atoms with Crippen molar-refractivity contribution in [3.8, 4) is 11.5 Å². The van der Waals surface area contributed by atoms with Crippen LogP contribution in [0.2, 0.25) is 0 Å². The van der Waals surface area contributed by atoms with Crippen LogP contribution in [0.15, 0.2) is 48.5 Å². The second-order valence-corrected chi connectivity index (χ2v) is 4.77. The normalized spacial score (nSPS) is 10.4. The molecule has 0 heterocycles. The Morgan fingerprint density at radius 1 is 0.895 bits per heavy atom. The van der Waals surface area contributed by atoms with Crippen LogP contribution in [0, 0.1) is 0 Å². The molecule has 0 N–H and O–H groups in total. The van der Waals surface area contributed by atoms with E-state index >= 15 is 0 Å². The van der Waals surface area contributed by atoms with Gasteiger partial charge in [-0.2, -0.15) is 0 Å². The molecule has 0 saturated heterocycles. The van der Waals surface area contributed by atoms with Crippen LogP contribution in [0.25, 0.3) is 0 Å². The van der Waals surface area contributed by atoms with E-state index in [0.29, 0.717) is 0 Å². The van der Waals surface area contributed by atoms with E-state index in [1.54, 1.807) is 0 Å². The molecule has 1 heteroatoms. The van der Waals surface area contributed by atoms with Gasteiger partial charge in [0.05, 0.1) is 0 Å². The molecule has 2 aromatic rings.